The maximum atomic E-state index is 5.21. The van der Waals surface area contributed by atoms with Crippen LogP contribution in [-0.4, -0.2) is 49.7 Å². The number of nitrogens with zero attached hydrogens (tertiary/aromatic N) is 3. The van der Waals surface area contributed by atoms with Crippen LogP contribution in [0.5, 0.6) is 5.88 Å². The molecule has 1 saturated heterocycles. The average molecular weight is 388 g/mol. The maximum Gasteiger partial charge on any atom is 0.214 e. The fraction of sp³-hybridized carbons (Fsp3) is 0.316. The van der Waals surface area contributed by atoms with Gasteiger partial charge < -0.3 is 9.64 Å². The molecule has 5 heteroatoms. The van der Waals surface area contributed by atoms with Gasteiger partial charge in [0.1, 0.15) is 0 Å². The summed E-state index contributed by atoms with van der Waals surface area (Å²) in [7, 11) is 1.65. The molecule has 0 N–H and O–H groups in total. The number of pyridine rings is 1. The molecule has 2 heterocycles. The third kappa shape index (κ3) is 4.58. The van der Waals surface area contributed by atoms with Gasteiger partial charge in [0.2, 0.25) is 5.88 Å². The van der Waals surface area contributed by atoms with E-state index in [9.17, 15) is 0 Å². The van der Waals surface area contributed by atoms with E-state index >= 15 is 0 Å². The molecule has 0 saturated carbocycles. The predicted molar refractivity (Wildman–Crippen MR) is 103 cm³/mol. The quantitative estimate of drug-likeness (QED) is 0.781. The lowest BCUT2D eigenvalue weighted by Gasteiger charge is -2.35. The van der Waals surface area contributed by atoms with E-state index in [4.69, 9.17) is 4.74 Å². The molecule has 1 aromatic heterocycles. The first-order chi connectivity index (χ1) is 11.7. The van der Waals surface area contributed by atoms with E-state index in [0.717, 1.165) is 37.2 Å². The number of rotatable bonds is 5. The molecule has 2 aromatic rings. The molecule has 0 atom stereocenters. The highest BCUT2D eigenvalue weighted by Crippen LogP contribution is 2.20. The molecule has 0 unspecified atom stereocenters. The van der Waals surface area contributed by atoms with Crippen LogP contribution in [0, 0.1) is 0 Å². The van der Waals surface area contributed by atoms with Crippen LogP contribution in [0.3, 0.4) is 0 Å². The van der Waals surface area contributed by atoms with E-state index in [0.29, 0.717) is 5.88 Å². The summed E-state index contributed by atoms with van der Waals surface area (Å²) >= 11 is 3.46. The molecular weight excluding hydrogens is 366 g/mol. The summed E-state index contributed by atoms with van der Waals surface area (Å²) in [5.74, 6) is 0.673. The van der Waals surface area contributed by atoms with Crippen molar-refractivity contribution in [3.05, 3.63) is 58.7 Å². The minimum absolute atomic E-state index is 0.673. The van der Waals surface area contributed by atoms with E-state index < -0.39 is 0 Å². The van der Waals surface area contributed by atoms with Gasteiger partial charge in [-0.1, -0.05) is 40.2 Å². The van der Waals surface area contributed by atoms with Gasteiger partial charge in [-0.2, -0.15) is 0 Å². The Hall–Kier alpha value is -1.85. The Morgan fingerprint density at radius 2 is 1.88 bits per heavy atom. The van der Waals surface area contributed by atoms with Crippen molar-refractivity contribution in [3.8, 4) is 5.88 Å². The summed E-state index contributed by atoms with van der Waals surface area (Å²) in [6.07, 6.45) is 6.24. The van der Waals surface area contributed by atoms with E-state index in [1.54, 1.807) is 7.11 Å². The lowest BCUT2D eigenvalue weighted by Crippen LogP contribution is -2.46. The van der Waals surface area contributed by atoms with Crippen molar-refractivity contribution >= 4 is 27.7 Å². The number of hydrogen-bond acceptors (Lipinski definition) is 4. The second-order valence-corrected chi connectivity index (χ2v) is 6.71. The first-order valence-corrected chi connectivity index (χ1v) is 8.93. The normalized spacial score (nSPS) is 15.8. The summed E-state index contributed by atoms with van der Waals surface area (Å²) in [6.45, 7) is 5.17. The molecule has 1 fully saturated rings. The Morgan fingerprint density at radius 3 is 2.58 bits per heavy atom. The van der Waals surface area contributed by atoms with Crippen molar-refractivity contribution in [2.24, 2.45) is 0 Å². The first kappa shape index (κ1) is 17.0. The highest BCUT2D eigenvalue weighted by molar-refractivity contribution is 9.10. The Balaban J connectivity index is 1.49. The van der Waals surface area contributed by atoms with Gasteiger partial charge in [-0.05, 0) is 23.8 Å². The molecule has 1 aromatic carbocycles. The average Bonchev–Trinajstić information content (AvgIpc) is 2.64. The predicted octanol–water partition coefficient (Wildman–Crippen LogP) is 3.69. The van der Waals surface area contributed by atoms with E-state index in [2.05, 4.69) is 67.1 Å². The third-order valence-corrected chi connectivity index (χ3v) is 4.74. The smallest absolute Gasteiger partial charge is 0.214 e. The molecule has 1 aliphatic rings. The van der Waals surface area contributed by atoms with E-state index in [-0.39, 0.29) is 0 Å². The van der Waals surface area contributed by atoms with Gasteiger partial charge in [-0.15, -0.1) is 0 Å². The summed E-state index contributed by atoms with van der Waals surface area (Å²) < 4.78 is 6.32. The van der Waals surface area contributed by atoms with Crippen molar-refractivity contribution in [1.29, 1.82) is 0 Å². The Labute approximate surface area is 151 Å². The number of halogens is 1. The van der Waals surface area contributed by atoms with Gasteiger partial charge in [-0.3, -0.25) is 4.90 Å². The summed E-state index contributed by atoms with van der Waals surface area (Å²) in [4.78, 5) is 9.04. The fourth-order valence-corrected chi connectivity index (χ4v) is 3.07. The molecule has 1 aliphatic heterocycles. The molecule has 3 rings (SSSR count). The molecule has 0 amide bonds. The minimum Gasteiger partial charge on any atom is -0.481 e. The van der Waals surface area contributed by atoms with Gasteiger partial charge in [-0.25, -0.2) is 4.98 Å². The van der Waals surface area contributed by atoms with Crippen molar-refractivity contribution in [2.75, 3.05) is 44.7 Å². The number of hydrogen-bond donors (Lipinski definition) is 0. The summed E-state index contributed by atoms with van der Waals surface area (Å²) in [6, 6.07) is 12.4. The van der Waals surface area contributed by atoms with Gasteiger partial charge in [0.15, 0.2) is 0 Å². The molecule has 0 bridgehead atoms. The molecule has 0 radical (unpaired) electrons. The van der Waals surface area contributed by atoms with Crippen LogP contribution in [0.25, 0.3) is 6.08 Å². The van der Waals surface area contributed by atoms with Crippen molar-refractivity contribution in [2.45, 2.75) is 0 Å². The minimum atomic E-state index is 0.673. The number of methoxy groups -OCH3 is 1. The maximum absolute atomic E-state index is 5.21. The SMILES string of the molecule is COc1cc(N2CCN(C/C=C/c3ccc(Br)cc3)CC2)ccn1. The van der Waals surface area contributed by atoms with E-state index in [1.165, 1.54) is 11.3 Å². The first-order valence-electron chi connectivity index (χ1n) is 8.14. The number of benzene rings is 1. The zero-order chi connectivity index (χ0) is 16.8. The van der Waals surface area contributed by atoms with Crippen LogP contribution < -0.4 is 9.64 Å². The number of anilines is 1. The van der Waals surface area contributed by atoms with Crippen LogP contribution in [-0.2, 0) is 0 Å². The van der Waals surface area contributed by atoms with Crippen molar-refractivity contribution in [1.82, 2.24) is 9.88 Å². The topological polar surface area (TPSA) is 28.6 Å². The van der Waals surface area contributed by atoms with Crippen LogP contribution in [0.15, 0.2) is 53.1 Å². The van der Waals surface area contributed by atoms with Crippen LogP contribution in [0.4, 0.5) is 5.69 Å². The zero-order valence-corrected chi connectivity index (χ0v) is 15.4. The highest BCUT2D eigenvalue weighted by Gasteiger charge is 2.16. The molecule has 4 nitrogen and oxygen atoms in total. The molecule has 0 spiro atoms. The Kier molecular flexibility index (Phi) is 5.88. The Bertz CT molecular complexity index is 679. The summed E-state index contributed by atoms with van der Waals surface area (Å²) in [5.41, 5.74) is 2.42. The highest BCUT2D eigenvalue weighted by atomic mass is 79.9. The van der Waals surface area contributed by atoms with Gasteiger partial charge in [0, 0.05) is 55.1 Å². The molecule has 0 aliphatic carbocycles. The van der Waals surface area contributed by atoms with Crippen molar-refractivity contribution < 1.29 is 4.74 Å². The van der Waals surface area contributed by atoms with Crippen LogP contribution in [0.1, 0.15) is 5.56 Å². The van der Waals surface area contributed by atoms with Gasteiger partial charge in [0.25, 0.3) is 0 Å². The van der Waals surface area contributed by atoms with Crippen molar-refractivity contribution in [3.63, 3.8) is 0 Å². The van der Waals surface area contributed by atoms with E-state index in [1.807, 2.05) is 18.3 Å². The largest absolute Gasteiger partial charge is 0.481 e. The second-order valence-electron chi connectivity index (χ2n) is 5.80. The van der Waals surface area contributed by atoms with Gasteiger partial charge in [0.05, 0.1) is 7.11 Å². The Morgan fingerprint density at radius 1 is 1.12 bits per heavy atom. The number of ether oxygens (including phenoxy) is 1. The molecule has 126 valence electrons. The lowest BCUT2D eigenvalue weighted by atomic mass is 10.2. The third-order valence-electron chi connectivity index (χ3n) is 4.21. The van der Waals surface area contributed by atoms with Crippen LogP contribution in [0.2, 0.25) is 0 Å². The number of piperazine rings is 1. The lowest BCUT2D eigenvalue weighted by molar-refractivity contribution is 0.284. The molecular formula is C19H22BrN3O. The summed E-state index contributed by atoms with van der Waals surface area (Å²) in [5, 5.41) is 0. The monoisotopic (exact) mass is 387 g/mol. The standard InChI is InChI=1S/C19H22BrN3O/c1-24-19-15-18(8-9-21-19)23-13-11-22(12-14-23)10-2-3-16-4-6-17(20)7-5-16/h2-9,15H,10-14H2,1H3/b3-2+. The van der Waals surface area contributed by atoms with Crippen LogP contribution >= 0.6 is 15.9 Å². The number of aromatic nitrogens is 1. The second kappa shape index (κ2) is 8.31. The fourth-order valence-electron chi connectivity index (χ4n) is 2.81. The van der Waals surface area contributed by atoms with Gasteiger partial charge >= 0.3 is 0 Å². The molecule has 24 heavy (non-hydrogen) atoms. The zero-order valence-electron chi connectivity index (χ0n) is 13.9.